The summed E-state index contributed by atoms with van der Waals surface area (Å²) in [5, 5.41) is 2.39. The van der Waals surface area contributed by atoms with Crippen molar-refractivity contribution in [1.82, 2.24) is 10.2 Å². The standard InChI is InChI=1S/C20H20FN3O3/c21-16-7-4-8-17(13-16)23-9-11-24(12-10-23)18(25)14-22-20(27)19(26)15-5-2-1-3-6-15/h1-8,13H,9-12,14H2,(H,22,27). The van der Waals surface area contributed by atoms with Crippen LogP contribution < -0.4 is 10.2 Å². The number of amides is 2. The van der Waals surface area contributed by atoms with Crippen LogP contribution in [0.15, 0.2) is 54.6 Å². The number of halogens is 1. The molecule has 0 radical (unpaired) electrons. The number of carbonyl (C=O) groups is 3. The summed E-state index contributed by atoms with van der Waals surface area (Å²) in [6, 6.07) is 14.5. The third-order valence-corrected chi connectivity index (χ3v) is 4.45. The van der Waals surface area contributed by atoms with Gasteiger partial charge in [-0.15, -0.1) is 0 Å². The van der Waals surface area contributed by atoms with Gasteiger partial charge in [0.2, 0.25) is 11.7 Å². The van der Waals surface area contributed by atoms with Gasteiger partial charge in [0, 0.05) is 37.4 Å². The molecule has 1 aliphatic heterocycles. The van der Waals surface area contributed by atoms with Crippen LogP contribution in [0, 0.1) is 5.82 Å². The number of piperazine rings is 1. The molecule has 2 aromatic carbocycles. The summed E-state index contributed by atoms with van der Waals surface area (Å²) in [7, 11) is 0. The average molecular weight is 369 g/mol. The fraction of sp³-hybridized carbons (Fsp3) is 0.250. The SMILES string of the molecule is O=C(NCC(=O)N1CCN(c2cccc(F)c2)CC1)C(=O)c1ccccc1. The van der Waals surface area contributed by atoms with E-state index in [9.17, 15) is 18.8 Å². The van der Waals surface area contributed by atoms with Gasteiger partial charge in [0.1, 0.15) is 5.82 Å². The van der Waals surface area contributed by atoms with Crippen molar-refractivity contribution in [2.24, 2.45) is 0 Å². The Morgan fingerprint density at radius 2 is 1.63 bits per heavy atom. The minimum atomic E-state index is -0.798. The maximum Gasteiger partial charge on any atom is 0.292 e. The van der Waals surface area contributed by atoms with Crippen LogP contribution in [0.25, 0.3) is 0 Å². The van der Waals surface area contributed by atoms with Crippen molar-refractivity contribution in [2.45, 2.75) is 0 Å². The highest BCUT2D eigenvalue weighted by molar-refractivity contribution is 6.43. The molecule has 1 aliphatic rings. The smallest absolute Gasteiger partial charge is 0.292 e. The Labute approximate surface area is 156 Å². The second-order valence-electron chi connectivity index (χ2n) is 6.23. The largest absolute Gasteiger partial charge is 0.368 e. The molecule has 0 unspecified atom stereocenters. The van der Waals surface area contributed by atoms with Gasteiger partial charge in [-0.25, -0.2) is 4.39 Å². The molecular weight excluding hydrogens is 349 g/mol. The molecule has 0 aliphatic carbocycles. The number of Topliss-reactive ketones (excluding diaryl/α,β-unsaturated/α-hetero) is 1. The molecule has 0 bridgehead atoms. The van der Waals surface area contributed by atoms with Crippen molar-refractivity contribution in [2.75, 3.05) is 37.6 Å². The van der Waals surface area contributed by atoms with E-state index >= 15 is 0 Å². The minimum absolute atomic E-state index is 0.225. The average Bonchev–Trinajstić information content (AvgIpc) is 2.72. The fourth-order valence-corrected chi connectivity index (χ4v) is 2.96. The highest BCUT2D eigenvalue weighted by Gasteiger charge is 2.23. The maximum atomic E-state index is 13.3. The number of benzene rings is 2. The molecule has 0 saturated carbocycles. The lowest BCUT2D eigenvalue weighted by Gasteiger charge is -2.36. The second-order valence-corrected chi connectivity index (χ2v) is 6.23. The number of nitrogens with one attached hydrogen (secondary N) is 1. The molecule has 27 heavy (non-hydrogen) atoms. The zero-order valence-electron chi connectivity index (χ0n) is 14.7. The molecule has 3 rings (SSSR count). The highest BCUT2D eigenvalue weighted by Crippen LogP contribution is 2.17. The Morgan fingerprint density at radius 3 is 2.30 bits per heavy atom. The van der Waals surface area contributed by atoms with Gasteiger partial charge in [0.15, 0.2) is 0 Å². The quantitative estimate of drug-likeness (QED) is 0.640. The Balaban J connectivity index is 1.47. The second kappa shape index (κ2) is 8.44. The molecule has 7 heteroatoms. The van der Waals surface area contributed by atoms with Gasteiger partial charge in [-0.05, 0) is 18.2 Å². The molecule has 2 aromatic rings. The Kier molecular flexibility index (Phi) is 5.80. The van der Waals surface area contributed by atoms with Crippen molar-refractivity contribution in [3.05, 3.63) is 66.0 Å². The number of ketones is 1. The molecule has 1 heterocycles. The van der Waals surface area contributed by atoms with Crippen LogP contribution in [0.2, 0.25) is 0 Å². The molecule has 0 atom stereocenters. The lowest BCUT2D eigenvalue weighted by molar-refractivity contribution is -0.132. The number of hydrogen-bond donors (Lipinski definition) is 1. The predicted molar refractivity (Wildman–Crippen MR) is 99.0 cm³/mol. The first-order valence-electron chi connectivity index (χ1n) is 8.70. The number of anilines is 1. The van der Waals surface area contributed by atoms with Crippen molar-refractivity contribution in [3.8, 4) is 0 Å². The first-order chi connectivity index (χ1) is 13.0. The van der Waals surface area contributed by atoms with Crippen molar-refractivity contribution in [1.29, 1.82) is 0 Å². The fourth-order valence-electron chi connectivity index (χ4n) is 2.96. The van der Waals surface area contributed by atoms with E-state index in [4.69, 9.17) is 0 Å². The van der Waals surface area contributed by atoms with Crippen LogP contribution in [0.1, 0.15) is 10.4 Å². The summed E-state index contributed by atoms with van der Waals surface area (Å²) in [5.41, 5.74) is 1.06. The number of carbonyl (C=O) groups excluding carboxylic acids is 3. The topological polar surface area (TPSA) is 69.7 Å². The normalized spacial score (nSPS) is 14.0. The van der Waals surface area contributed by atoms with Gasteiger partial charge in [-0.3, -0.25) is 14.4 Å². The van der Waals surface area contributed by atoms with Crippen LogP contribution in [0.3, 0.4) is 0 Å². The Morgan fingerprint density at radius 1 is 0.926 bits per heavy atom. The van der Waals surface area contributed by atoms with Crippen LogP contribution in [0.4, 0.5) is 10.1 Å². The van der Waals surface area contributed by atoms with E-state index < -0.39 is 11.7 Å². The summed E-state index contributed by atoms with van der Waals surface area (Å²) in [6.45, 7) is 1.87. The van der Waals surface area contributed by atoms with E-state index in [-0.39, 0.29) is 23.8 Å². The Bertz CT molecular complexity index is 833. The summed E-state index contributed by atoms with van der Waals surface area (Å²) < 4.78 is 13.3. The molecule has 2 amide bonds. The van der Waals surface area contributed by atoms with Crippen LogP contribution >= 0.6 is 0 Å². The number of nitrogens with zero attached hydrogens (tertiary/aromatic N) is 2. The zero-order valence-corrected chi connectivity index (χ0v) is 14.7. The van der Waals surface area contributed by atoms with Gasteiger partial charge in [0.25, 0.3) is 5.91 Å². The zero-order chi connectivity index (χ0) is 19.2. The van der Waals surface area contributed by atoms with Crippen LogP contribution in [0.5, 0.6) is 0 Å². The third kappa shape index (κ3) is 4.69. The lowest BCUT2D eigenvalue weighted by Crippen LogP contribution is -2.51. The minimum Gasteiger partial charge on any atom is -0.368 e. The molecule has 1 N–H and O–H groups in total. The van der Waals surface area contributed by atoms with Gasteiger partial charge in [-0.1, -0.05) is 36.4 Å². The summed E-state index contributed by atoms with van der Waals surface area (Å²) in [4.78, 5) is 39.8. The molecule has 0 spiro atoms. The molecule has 6 nitrogen and oxygen atoms in total. The van der Waals surface area contributed by atoms with E-state index in [1.807, 2.05) is 11.0 Å². The van der Waals surface area contributed by atoms with Gasteiger partial charge < -0.3 is 15.1 Å². The van der Waals surface area contributed by atoms with E-state index in [0.29, 0.717) is 26.2 Å². The monoisotopic (exact) mass is 369 g/mol. The van der Waals surface area contributed by atoms with Gasteiger partial charge >= 0.3 is 0 Å². The molecular formula is C20H20FN3O3. The van der Waals surface area contributed by atoms with E-state index in [0.717, 1.165) is 5.69 Å². The first-order valence-corrected chi connectivity index (χ1v) is 8.70. The van der Waals surface area contributed by atoms with Crippen LogP contribution in [-0.4, -0.2) is 55.2 Å². The van der Waals surface area contributed by atoms with Crippen molar-refractivity contribution >= 4 is 23.3 Å². The first kappa shape index (κ1) is 18.6. The van der Waals surface area contributed by atoms with E-state index in [1.165, 1.54) is 12.1 Å². The van der Waals surface area contributed by atoms with Crippen molar-refractivity contribution in [3.63, 3.8) is 0 Å². The molecule has 1 saturated heterocycles. The van der Waals surface area contributed by atoms with E-state index in [1.54, 1.807) is 41.3 Å². The number of hydrogen-bond acceptors (Lipinski definition) is 4. The van der Waals surface area contributed by atoms with E-state index in [2.05, 4.69) is 5.32 Å². The predicted octanol–water partition coefficient (Wildman–Crippen LogP) is 1.47. The number of rotatable bonds is 5. The highest BCUT2D eigenvalue weighted by atomic mass is 19.1. The Hall–Kier alpha value is -3.22. The maximum absolute atomic E-state index is 13.3. The summed E-state index contributed by atoms with van der Waals surface area (Å²) in [6.07, 6.45) is 0. The molecule has 1 fully saturated rings. The van der Waals surface area contributed by atoms with Crippen LogP contribution in [-0.2, 0) is 9.59 Å². The van der Waals surface area contributed by atoms with Gasteiger partial charge in [0.05, 0.1) is 6.54 Å². The summed E-state index contributed by atoms with van der Waals surface area (Å²) in [5.74, 6) is -2.01. The molecule has 0 aromatic heterocycles. The van der Waals surface area contributed by atoms with Gasteiger partial charge in [-0.2, -0.15) is 0 Å². The molecule has 140 valence electrons. The lowest BCUT2D eigenvalue weighted by atomic mass is 10.1. The van der Waals surface area contributed by atoms with Crippen molar-refractivity contribution < 1.29 is 18.8 Å². The third-order valence-electron chi connectivity index (χ3n) is 4.45. The summed E-state index contributed by atoms with van der Waals surface area (Å²) >= 11 is 0.